The van der Waals surface area contributed by atoms with Crippen molar-refractivity contribution in [3.05, 3.63) is 29.8 Å². The number of nitrogens with zero attached hydrogens (tertiary/aromatic N) is 1. The summed E-state index contributed by atoms with van der Waals surface area (Å²) in [5.41, 5.74) is 2.07. The fourth-order valence-corrected chi connectivity index (χ4v) is 1.88. The van der Waals surface area contributed by atoms with Crippen LogP contribution in [0.2, 0.25) is 0 Å². The predicted octanol–water partition coefficient (Wildman–Crippen LogP) is 1.23. The number of para-hydroxylation sites is 1. The smallest absolute Gasteiger partial charge is 0.229 e. The van der Waals surface area contributed by atoms with Crippen LogP contribution >= 0.6 is 0 Å². The second kappa shape index (κ2) is 4.67. The lowest BCUT2D eigenvalue weighted by Gasteiger charge is -2.09. The number of fused-ring (bicyclic) bond motifs is 1. The molecule has 1 aromatic carbocycles. The minimum absolute atomic E-state index is 0.00676. The van der Waals surface area contributed by atoms with E-state index in [-0.39, 0.29) is 11.8 Å². The van der Waals surface area contributed by atoms with E-state index in [1.54, 1.807) is 0 Å². The zero-order valence-electron chi connectivity index (χ0n) is 8.86. The van der Waals surface area contributed by atoms with E-state index in [2.05, 4.69) is 10.6 Å². The van der Waals surface area contributed by atoms with Crippen LogP contribution in [0.4, 0.5) is 5.69 Å². The summed E-state index contributed by atoms with van der Waals surface area (Å²) in [5.74, 6) is -0.136. The topological polar surface area (TPSA) is 64.9 Å². The number of carbonyl (C=O) groups excluding carboxylic acids is 1. The Morgan fingerprint density at radius 3 is 3.19 bits per heavy atom. The normalized spacial score (nSPS) is 17.1. The van der Waals surface area contributed by atoms with Gasteiger partial charge in [0.15, 0.2) is 0 Å². The van der Waals surface area contributed by atoms with Crippen molar-refractivity contribution in [1.82, 2.24) is 5.32 Å². The maximum atomic E-state index is 11.8. The summed E-state index contributed by atoms with van der Waals surface area (Å²) in [5, 5.41) is 14.3. The fraction of sp³-hybridized carbons (Fsp3) is 0.333. The van der Waals surface area contributed by atoms with Crippen molar-refractivity contribution in [2.75, 3.05) is 18.4 Å². The van der Waals surface area contributed by atoms with Crippen LogP contribution in [0.1, 0.15) is 17.9 Å². The number of rotatable bonds is 3. The van der Waals surface area contributed by atoms with Crippen LogP contribution in [0.5, 0.6) is 0 Å². The molecule has 1 heterocycles. The third kappa shape index (κ3) is 1.98. The highest BCUT2D eigenvalue weighted by Crippen LogP contribution is 2.30. The van der Waals surface area contributed by atoms with Crippen LogP contribution in [0.3, 0.4) is 0 Å². The largest absolute Gasteiger partial charge is 0.384 e. The monoisotopic (exact) mass is 215 g/mol. The summed E-state index contributed by atoms with van der Waals surface area (Å²) >= 11 is 0. The second-order valence-corrected chi connectivity index (χ2v) is 3.72. The summed E-state index contributed by atoms with van der Waals surface area (Å²) < 4.78 is 0. The van der Waals surface area contributed by atoms with E-state index in [0.29, 0.717) is 19.5 Å². The summed E-state index contributed by atoms with van der Waals surface area (Å²) in [6.45, 7) is 1.06. The van der Waals surface area contributed by atoms with Gasteiger partial charge in [-0.15, -0.1) is 0 Å². The van der Waals surface area contributed by atoms with Crippen molar-refractivity contribution in [3.63, 3.8) is 0 Å². The first-order valence-corrected chi connectivity index (χ1v) is 5.30. The highest BCUT2D eigenvalue weighted by Gasteiger charge is 2.27. The van der Waals surface area contributed by atoms with Gasteiger partial charge in [0.25, 0.3) is 0 Å². The predicted molar refractivity (Wildman–Crippen MR) is 60.9 cm³/mol. The molecule has 0 bridgehead atoms. The van der Waals surface area contributed by atoms with Gasteiger partial charge >= 0.3 is 0 Å². The van der Waals surface area contributed by atoms with Crippen molar-refractivity contribution in [2.45, 2.75) is 12.3 Å². The zero-order valence-corrected chi connectivity index (χ0v) is 8.86. The molecule has 16 heavy (non-hydrogen) atoms. The Bertz CT molecular complexity index is 436. The van der Waals surface area contributed by atoms with Crippen molar-refractivity contribution < 1.29 is 4.79 Å². The first-order chi connectivity index (χ1) is 7.83. The molecule has 1 amide bonds. The van der Waals surface area contributed by atoms with E-state index in [9.17, 15) is 4.79 Å². The molecule has 0 radical (unpaired) electrons. The average molecular weight is 215 g/mol. The Morgan fingerprint density at radius 2 is 2.38 bits per heavy atom. The molecule has 1 unspecified atom stereocenters. The maximum absolute atomic E-state index is 11.8. The number of benzene rings is 1. The molecule has 0 aliphatic carbocycles. The van der Waals surface area contributed by atoms with Gasteiger partial charge in [0, 0.05) is 18.8 Å². The van der Waals surface area contributed by atoms with Crippen molar-refractivity contribution in [1.29, 1.82) is 5.26 Å². The summed E-state index contributed by atoms with van der Waals surface area (Å²) in [6, 6.07) is 9.81. The van der Waals surface area contributed by atoms with E-state index in [0.717, 1.165) is 11.3 Å². The number of amides is 1. The standard InChI is InChI=1S/C12H13N3O/c13-6-3-7-14-12(16)10-8-15-11-5-2-1-4-9(10)11/h1-2,4-5,10,15H,3,7-8H2,(H,14,16). The summed E-state index contributed by atoms with van der Waals surface area (Å²) in [7, 11) is 0. The zero-order chi connectivity index (χ0) is 11.4. The molecule has 0 spiro atoms. The van der Waals surface area contributed by atoms with E-state index < -0.39 is 0 Å². The van der Waals surface area contributed by atoms with Gasteiger partial charge in [-0.3, -0.25) is 4.79 Å². The van der Waals surface area contributed by atoms with Gasteiger partial charge in [-0.1, -0.05) is 18.2 Å². The van der Waals surface area contributed by atoms with E-state index in [1.807, 2.05) is 30.3 Å². The van der Waals surface area contributed by atoms with Gasteiger partial charge in [-0.05, 0) is 11.6 Å². The Hall–Kier alpha value is -2.02. The van der Waals surface area contributed by atoms with E-state index >= 15 is 0 Å². The molecule has 2 rings (SSSR count). The number of carbonyl (C=O) groups is 1. The minimum Gasteiger partial charge on any atom is -0.384 e. The molecule has 82 valence electrons. The van der Waals surface area contributed by atoms with E-state index in [4.69, 9.17) is 5.26 Å². The molecule has 0 saturated carbocycles. The molecule has 0 fully saturated rings. The first kappa shape index (κ1) is 10.5. The molecule has 4 nitrogen and oxygen atoms in total. The molecule has 2 N–H and O–H groups in total. The fourth-order valence-electron chi connectivity index (χ4n) is 1.88. The molecule has 0 saturated heterocycles. The van der Waals surface area contributed by atoms with Gasteiger partial charge in [0.2, 0.25) is 5.91 Å². The highest BCUT2D eigenvalue weighted by atomic mass is 16.1. The van der Waals surface area contributed by atoms with Crippen LogP contribution in [-0.4, -0.2) is 19.0 Å². The molecule has 1 aliphatic rings. The van der Waals surface area contributed by atoms with Crippen molar-refractivity contribution in [2.24, 2.45) is 0 Å². The second-order valence-electron chi connectivity index (χ2n) is 3.72. The lowest BCUT2D eigenvalue weighted by Crippen LogP contribution is -2.30. The molecule has 1 atom stereocenters. The number of anilines is 1. The van der Waals surface area contributed by atoms with Gasteiger partial charge in [-0.25, -0.2) is 0 Å². The molecular weight excluding hydrogens is 202 g/mol. The third-order valence-corrected chi connectivity index (χ3v) is 2.69. The quantitative estimate of drug-likeness (QED) is 0.745. The number of nitriles is 1. The Kier molecular flexibility index (Phi) is 3.06. The van der Waals surface area contributed by atoms with Gasteiger partial charge < -0.3 is 10.6 Å². The van der Waals surface area contributed by atoms with Gasteiger partial charge in [0.1, 0.15) is 0 Å². The minimum atomic E-state index is -0.130. The summed E-state index contributed by atoms with van der Waals surface area (Å²) in [6.07, 6.45) is 0.355. The number of hydrogen-bond donors (Lipinski definition) is 2. The lowest BCUT2D eigenvalue weighted by atomic mass is 10.0. The SMILES string of the molecule is N#CCCNC(=O)C1CNc2ccccc21. The van der Waals surface area contributed by atoms with Crippen molar-refractivity contribution in [3.8, 4) is 6.07 Å². The molecule has 4 heteroatoms. The molecular formula is C12H13N3O. The van der Waals surface area contributed by atoms with E-state index in [1.165, 1.54) is 0 Å². The van der Waals surface area contributed by atoms with Crippen LogP contribution in [0.15, 0.2) is 24.3 Å². The number of nitrogens with one attached hydrogen (secondary N) is 2. The van der Waals surface area contributed by atoms with Crippen LogP contribution in [0.25, 0.3) is 0 Å². The average Bonchev–Trinajstić information content (AvgIpc) is 2.73. The van der Waals surface area contributed by atoms with Gasteiger partial charge in [0.05, 0.1) is 18.4 Å². The highest BCUT2D eigenvalue weighted by molar-refractivity contribution is 5.88. The Balaban J connectivity index is 2.02. The lowest BCUT2D eigenvalue weighted by molar-refractivity contribution is -0.122. The molecule has 0 aromatic heterocycles. The van der Waals surface area contributed by atoms with Gasteiger partial charge in [-0.2, -0.15) is 5.26 Å². The summed E-state index contributed by atoms with van der Waals surface area (Å²) in [4.78, 5) is 11.8. The van der Waals surface area contributed by atoms with Crippen LogP contribution in [0, 0.1) is 11.3 Å². The Labute approximate surface area is 94.3 Å². The number of hydrogen-bond acceptors (Lipinski definition) is 3. The third-order valence-electron chi connectivity index (χ3n) is 2.69. The van der Waals surface area contributed by atoms with Crippen LogP contribution < -0.4 is 10.6 Å². The first-order valence-electron chi connectivity index (χ1n) is 5.30. The molecule has 1 aromatic rings. The molecule has 1 aliphatic heterocycles. The maximum Gasteiger partial charge on any atom is 0.229 e. The Morgan fingerprint density at radius 1 is 1.56 bits per heavy atom. The van der Waals surface area contributed by atoms with Crippen molar-refractivity contribution >= 4 is 11.6 Å². The van der Waals surface area contributed by atoms with Crippen LogP contribution in [-0.2, 0) is 4.79 Å².